The Balaban J connectivity index is 2.15. The quantitative estimate of drug-likeness (QED) is 0.647. The van der Waals surface area contributed by atoms with Crippen LogP contribution in [-0.4, -0.2) is 34.1 Å². The summed E-state index contributed by atoms with van der Waals surface area (Å²) in [5.74, 6) is 0.587. The van der Waals surface area contributed by atoms with Crippen LogP contribution in [0.25, 0.3) is 0 Å². The first-order valence-electron chi connectivity index (χ1n) is 9.42. The highest BCUT2D eigenvalue weighted by atomic mass is 32.2. The first-order chi connectivity index (χ1) is 13.7. The van der Waals surface area contributed by atoms with E-state index >= 15 is 0 Å². The molecule has 29 heavy (non-hydrogen) atoms. The number of amides is 1. The number of methoxy groups -OCH3 is 1. The smallest absolute Gasteiger partial charge is 0.244 e. The molecular weight excluding hydrogens is 392 g/mol. The van der Waals surface area contributed by atoms with Gasteiger partial charge in [0.25, 0.3) is 0 Å². The van der Waals surface area contributed by atoms with Gasteiger partial charge in [-0.3, -0.25) is 4.79 Å². The van der Waals surface area contributed by atoms with Gasteiger partial charge in [-0.1, -0.05) is 19.9 Å². The van der Waals surface area contributed by atoms with Gasteiger partial charge in [0.2, 0.25) is 15.9 Å². The van der Waals surface area contributed by atoms with Gasteiger partial charge in [-0.2, -0.15) is 4.72 Å². The average Bonchev–Trinajstić information content (AvgIpc) is 2.68. The van der Waals surface area contributed by atoms with E-state index in [1.807, 2.05) is 26.8 Å². The first kappa shape index (κ1) is 22.7. The molecule has 0 fully saturated rings. The molecule has 158 valence electrons. The Kier molecular flexibility index (Phi) is 7.64. The van der Waals surface area contributed by atoms with E-state index in [1.165, 1.54) is 14.0 Å². The van der Waals surface area contributed by atoms with E-state index in [9.17, 15) is 13.2 Å². The van der Waals surface area contributed by atoms with E-state index in [1.54, 1.807) is 36.4 Å². The molecule has 0 saturated heterocycles. The van der Waals surface area contributed by atoms with Crippen LogP contribution in [0, 0.1) is 0 Å². The Morgan fingerprint density at radius 2 is 1.72 bits per heavy atom. The van der Waals surface area contributed by atoms with Crippen LogP contribution in [0.15, 0.2) is 47.4 Å². The van der Waals surface area contributed by atoms with E-state index in [4.69, 9.17) is 9.47 Å². The summed E-state index contributed by atoms with van der Waals surface area (Å²) >= 11 is 0. The number of benzene rings is 2. The van der Waals surface area contributed by atoms with Crippen molar-refractivity contribution in [3.05, 3.63) is 48.0 Å². The molecule has 0 aromatic heterocycles. The predicted molar refractivity (Wildman–Crippen MR) is 113 cm³/mol. The Morgan fingerprint density at radius 3 is 2.28 bits per heavy atom. The van der Waals surface area contributed by atoms with Gasteiger partial charge in [0.15, 0.2) is 0 Å². The molecule has 2 rings (SSSR count). The molecular formula is C21H28N2O5S. The van der Waals surface area contributed by atoms with Crippen LogP contribution in [0.4, 0.5) is 5.69 Å². The zero-order chi connectivity index (χ0) is 21.6. The lowest BCUT2D eigenvalue weighted by Crippen LogP contribution is -2.41. The molecule has 0 aliphatic rings. The van der Waals surface area contributed by atoms with E-state index in [0.717, 1.165) is 5.56 Å². The van der Waals surface area contributed by atoms with Crippen molar-refractivity contribution in [1.29, 1.82) is 0 Å². The van der Waals surface area contributed by atoms with Crippen LogP contribution in [0.1, 0.15) is 39.2 Å². The van der Waals surface area contributed by atoms with E-state index in [-0.39, 0.29) is 16.6 Å². The molecule has 2 N–H and O–H groups in total. The van der Waals surface area contributed by atoms with Gasteiger partial charge >= 0.3 is 0 Å². The number of anilines is 1. The van der Waals surface area contributed by atoms with Crippen molar-refractivity contribution < 1.29 is 22.7 Å². The molecule has 8 heteroatoms. The molecule has 0 spiro atoms. The zero-order valence-corrected chi connectivity index (χ0v) is 18.2. The minimum absolute atomic E-state index is 0.00640. The van der Waals surface area contributed by atoms with Gasteiger partial charge in [0, 0.05) is 5.69 Å². The number of carbonyl (C=O) groups excluding carboxylic acids is 1. The van der Waals surface area contributed by atoms with Crippen molar-refractivity contribution in [2.24, 2.45) is 0 Å². The van der Waals surface area contributed by atoms with Crippen LogP contribution in [-0.2, 0) is 14.8 Å². The third-order valence-corrected chi connectivity index (χ3v) is 5.86. The second-order valence-corrected chi connectivity index (χ2v) is 8.54. The molecule has 1 amide bonds. The summed E-state index contributed by atoms with van der Waals surface area (Å²) < 4.78 is 38.8. The normalized spacial score (nSPS) is 12.5. The predicted octanol–water partition coefficient (Wildman–Crippen LogP) is 3.52. The lowest BCUT2D eigenvalue weighted by atomic mass is 10.0. The monoisotopic (exact) mass is 420 g/mol. The number of nitrogens with one attached hydrogen (secondary N) is 2. The van der Waals surface area contributed by atoms with Crippen molar-refractivity contribution in [2.75, 3.05) is 19.0 Å². The van der Waals surface area contributed by atoms with Crippen LogP contribution in [0.3, 0.4) is 0 Å². The minimum atomic E-state index is -3.97. The fraction of sp³-hybridized carbons (Fsp3) is 0.381. The molecule has 0 bridgehead atoms. The molecule has 7 nitrogen and oxygen atoms in total. The maximum atomic E-state index is 12.9. The lowest BCUT2D eigenvalue weighted by Gasteiger charge is -2.17. The second kappa shape index (κ2) is 9.76. The largest absolute Gasteiger partial charge is 0.495 e. The van der Waals surface area contributed by atoms with E-state index in [0.29, 0.717) is 18.0 Å². The summed E-state index contributed by atoms with van der Waals surface area (Å²) in [6, 6.07) is 10.9. The summed E-state index contributed by atoms with van der Waals surface area (Å²) in [7, 11) is -2.56. The van der Waals surface area contributed by atoms with Gasteiger partial charge in [0.1, 0.15) is 16.4 Å². The van der Waals surface area contributed by atoms with Crippen molar-refractivity contribution in [3.8, 4) is 11.5 Å². The number of hydrogen-bond donors (Lipinski definition) is 2. The molecule has 0 radical (unpaired) electrons. The molecule has 0 aliphatic heterocycles. The SMILES string of the molecule is CCOc1ccc(NC(=O)C(C)NS(=O)(=O)c2cc(C(C)C)ccc2OC)cc1. The third kappa shape index (κ3) is 5.95. The topological polar surface area (TPSA) is 93.7 Å². The van der Waals surface area contributed by atoms with Crippen LogP contribution >= 0.6 is 0 Å². The minimum Gasteiger partial charge on any atom is -0.495 e. The Morgan fingerprint density at radius 1 is 1.07 bits per heavy atom. The number of sulfonamides is 1. The van der Waals surface area contributed by atoms with Gasteiger partial charge in [-0.25, -0.2) is 8.42 Å². The van der Waals surface area contributed by atoms with E-state index in [2.05, 4.69) is 10.0 Å². The highest BCUT2D eigenvalue weighted by Crippen LogP contribution is 2.28. The molecule has 0 saturated carbocycles. The van der Waals surface area contributed by atoms with Crippen LogP contribution in [0.2, 0.25) is 0 Å². The first-order valence-corrected chi connectivity index (χ1v) is 10.9. The van der Waals surface area contributed by atoms with Crippen molar-refractivity contribution in [1.82, 2.24) is 4.72 Å². The van der Waals surface area contributed by atoms with Gasteiger partial charge in [-0.15, -0.1) is 0 Å². The summed E-state index contributed by atoms with van der Waals surface area (Å²) in [6.45, 7) is 7.86. The maximum Gasteiger partial charge on any atom is 0.244 e. The second-order valence-electron chi connectivity index (χ2n) is 6.85. The summed E-state index contributed by atoms with van der Waals surface area (Å²) in [6.07, 6.45) is 0. The van der Waals surface area contributed by atoms with Crippen molar-refractivity contribution in [3.63, 3.8) is 0 Å². The summed E-state index contributed by atoms with van der Waals surface area (Å²) in [5, 5.41) is 2.69. The fourth-order valence-electron chi connectivity index (χ4n) is 2.66. The Hall–Kier alpha value is -2.58. The number of hydrogen-bond acceptors (Lipinski definition) is 5. The summed E-state index contributed by atoms with van der Waals surface area (Å²) in [4.78, 5) is 12.5. The average molecular weight is 421 g/mol. The molecule has 1 atom stereocenters. The highest BCUT2D eigenvalue weighted by molar-refractivity contribution is 7.89. The van der Waals surface area contributed by atoms with Crippen molar-refractivity contribution in [2.45, 2.75) is 44.6 Å². The molecule has 1 unspecified atom stereocenters. The number of carbonyl (C=O) groups is 1. The van der Waals surface area contributed by atoms with Gasteiger partial charge in [0.05, 0.1) is 19.8 Å². The number of rotatable bonds is 9. The molecule has 2 aromatic rings. The van der Waals surface area contributed by atoms with Crippen LogP contribution < -0.4 is 19.5 Å². The standard InChI is InChI=1S/C21H28N2O5S/c1-6-28-18-10-8-17(9-11-18)22-21(24)15(4)23-29(25,26)20-13-16(14(2)3)7-12-19(20)27-5/h7-15,23H,6H2,1-5H3,(H,22,24). The third-order valence-electron chi connectivity index (χ3n) is 4.30. The lowest BCUT2D eigenvalue weighted by molar-refractivity contribution is -0.117. The molecule has 0 aliphatic carbocycles. The Labute approximate surface area is 172 Å². The molecule has 2 aromatic carbocycles. The highest BCUT2D eigenvalue weighted by Gasteiger charge is 2.26. The van der Waals surface area contributed by atoms with Gasteiger partial charge < -0.3 is 14.8 Å². The Bertz CT molecular complexity index is 940. The number of ether oxygens (including phenoxy) is 2. The maximum absolute atomic E-state index is 12.9. The summed E-state index contributed by atoms with van der Waals surface area (Å²) in [5.41, 5.74) is 1.40. The van der Waals surface area contributed by atoms with Crippen LogP contribution in [0.5, 0.6) is 11.5 Å². The molecule has 0 heterocycles. The van der Waals surface area contributed by atoms with Crippen molar-refractivity contribution >= 4 is 21.6 Å². The zero-order valence-electron chi connectivity index (χ0n) is 17.4. The fourth-order valence-corrected chi connectivity index (χ4v) is 4.07. The van der Waals surface area contributed by atoms with Gasteiger partial charge in [-0.05, 0) is 61.7 Å². The van der Waals surface area contributed by atoms with E-state index < -0.39 is 22.0 Å².